The van der Waals surface area contributed by atoms with E-state index >= 15 is 0 Å². The summed E-state index contributed by atoms with van der Waals surface area (Å²) >= 11 is 0. The molecule has 2 heterocycles. The summed E-state index contributed by atoms with van der Waals surface area (Å²) < 4.78 is 5.55. The van der Waals surface area contributed by atoms with Crippen molar-refractivity contribution in [2.24, 2.45) is 0 Å². The third-order valence-electron chi connectivity index (χ3n) is 4.73. The molecule has 2 unspecified atom stereocenters. The minimum atomic E-state index is -0.251. The Morgan fingerprint density at radius 1 is 1.35 bits per heavy atom. The molecule has 0 bridgehead atoms. The number of aliphatic hydroxyl groups excluding tert-OH is 1. The first-order valence-corrected chi connectivity index (χ1v) is 7.35. The smallest absolute Gasteiger partial charge is 0.338 e. The molecule has 2 saturated heterocycles. The minimum absolute atomic E-state index is 0.0299. The zero-order chi connectivity index (χ0) is 14.0. The quantitative estimate of drug-likeness (QED) is 0.852. The maximum absolute atomic E-state index is 12.0. The lowest BCUT2D eigenvalue weighted by Crippen LogP contribution is -2.47. The van der Waals surface area contributed by atoms with Crippen LogP contribution < -0.4 is 0 Å². The van der Waals surface area contributed by atoms with Gasteiger partial charge in [-0.1, -0.05) is 18.2 Å². The Balaban J connectivity index is 1.65. The predicted molar refractivity (Wildman–Crippen MR) is 75.5 cm³/mol. The summed E-state index contributed by atoms with van der Waals surface area (Å²) in [4.78, 5) is 14.4. The number of nitrogens with zero attached hydrogens (tertiary/aromatic N) is 1. The highest BCUT2D eigenvalue weighted by Gasteiger charge is 2.49. The SMILES string of the molecule is O=C(OCC12CCCN1C(CO)CC2)c1ccccc1. The van der Waals surface area contributed by atoms with E-state index in [9.17, 15) is 9.90 Å². The van der Waals surface area contributed by atoms with E-state index in [-0.39, 0.29) is 24.2 Å². The fourth-order valence-corrected chi connectivity index (χ4v) is 3.66. The molecule has 2 aliphatic rings. The highest BCUT2D eigenvalue weighted by molar-refractivity contribution is 5.89. The summed E-state index contributed by atoms with van der Waals surface area (Å²) in [6, 6.07) is 9.36. The lowest BCUT2D eigenvalue weighted by molar-refractivity contribution is 0.0154. The van der Waals surface area contributed by atoms with Crippen LogP contribution in [0.3, 0.4) is 0 Å². The Hall–Kier alpha value is -1.39. The molecule has 0 amide bonds. The third-order valence-corrected chi connectivity index (χ3v) is 4.73. The van der Waals surface area contributed by atoms with E-state index in [2.05, 4.69) is 4.90 Å². The van der Waals surface area contributed by atoms with E-state index < -0.39 is 0 Å². The highest BCUT2D eigenvalue weighted by Crippen LogP contribution is 2.42. The molecule has 0 radical (unpaired) electrons. The van der Waals surface area contributed by atoms with Gasteiger partial charge in [0.25, 0.3) is 0 Å². The lowest BCUT2D eigenvalue weighted by Gasteiger charge is -2.34. The Kier molecular flexibility index (Phi) is 3.76. The normalized spacial score (nSPS) is 29.4. The predicted octanol–water partition coefficient (Wildman–Crippen LogP) is 1.83. The topological polar surface area (TPSA) is 49.8 Å². The number of carbonyl (C=O) groups is 1. The summed E-state index contributed by atoms with van der Waals surface area (Å²) in [7, 11) is 0. The lowest BCUT2D eigenvalue weighted by atomic mass is 9.95. The molecule has 108 valence electrons. The van der Waals surface area contributed by atoms with Crippen LogP contribution in [0.1, 0.15) is 36.0 Å². The van der Waals surface area contributed by atoms with E-state index in [0.717, 1.165) is 32.2 Å². The van der Waals surface area contributed by atoms with Crippen molar-refractivity contribution >= 4 is 5.97 Å². The summed E-state index contributed by atoms with van der Waals surface area (Å²) in [5, 5.41) is 9.43. The van der Waals surface area contributed by atoms with E-state index in [1.165, 1.54) is 0 Å². The van der Waals surface area contributed by atoms with E-state index in [1.54, 1.807) is 12.1 Å². The van der Waals surface area contributed by atoms with Crippen LogP contribution in [0.2, 0.25) is 0 Å². The fourth-order valence-electron chi connectivity index (χ4n) is 3.66. The average Bonchev–Trinajstić information content (AvgIpc) is 3.04. The standard InChI is InChI=1S/C16H21NO3/c18-11-14-7-9-16(8-4-10-17(14)16)12-20-15(19)13-5-2-1-3-6-13/h1-3,5-6,14,18H,4,7-12H2. The summed E-state index contributed by atoms with van der Waals surface area (Å²) in [5.41, 5.74) is 0.572. The maximum atomic E-state index is 12.0. The molecule has 2 aliphatic heterocycles. The summed E-state index contributed by atoms with van der Waals surface area (Å²) in [5.74, 6) is -0.251. The van der Waals surface area contributed by atoms with Crippen LogP contribution in [0.4, 0.5) is 0 Å². The van der Waals surface area contributed by atoms with Crippen molar-refractivity contribution < 1.29 is 14.6 Å². The van der Waals surface area contributed by atoms with Gasteiger partial charge in [0.2, 0.25) is 0 Å². The van der Waals surface area contributed by atoms with E-state index in [4.69, 9.17) is 4.74 Å². The molecule has 0 saturated carbocycles. The van der Waals surface area contributed by atoms with Gasteiger partial charge in [-0.15, -0.1) is 0 Å². The molecule has 2 atom stereocenters. The first-order chi connectivity index (χ1) is 9.75. The van der Waals surface area contributed by atoms with Gasteiger partial charge < -0.3 is 9.84 Å². The van der Waals surface area contributed by atoms with Gasteiger partial charge in [-0.25, -0.2) is 4.79 Å². The largest absolute Gasteiger partial charge is 0.460 e. The number of esters is 1. The number of fused-ring (bicyclic) bond motifs is 1. The van der Waals surface area contributed by atoms with Crippen molar-refractivity contribution in [2.45, 2.75) is 37.3 Å². The molecule has 4 nitrogen and oxygen atoms in total. The Morgan fingerprint density at radius 2 is 2.15 bits per heavy atom. The summed E-state index contributed by atoms with van der Waals surface area (Å²) in [6.45, 7) is 1.65. The summed E-state index contributed by atoms with van der Waals surface area (Å²) in [6.07, 6.45) is 4.20. The molecular weight excluding hydrogens is 254 g/mol. The number of ether oxygens (including phenoxy) is 1. The van der Waals surface area contributed by atoms with Gasteiger partial charge in [-0.2, -0.15) is 0 Å². The van der Waals surface area contributed by atoms with Gasteiger partial charge in [-0.3, -0.25) is 4.90 Å². The monoisotopic (exact) mass is 275 g/mol. The third kappa shape index (κ3) is 2.34. The molecule has 1 N–H and O–H groups in total. The van der Waals surface area contributed by atoms with Crippen molar-refractivity contribution in [3.63, 3.8) is 0 Å². The number of rotatable bonds is 4. The second kappa shape index (κ2) is 5.54. The Bertz CT molecular complexity index is 476. The van der Waals surface area contributed by atoms with Crippen molar-refractivity contribution in [1.29, 1.82) is 0 Å². The number of benzene rings is 1. The molecule has 0 aliphatic carbocycles. The molecule has 1 aromatic rings. The fraction of sp³-hybridized carbons (Fsp3) is 0.562. The molecule has 0 aromatic heterocycles. The number of aliphatic hydroxyl groups is 1. The van der Waals surface area contributed by atoms with E-state index in [0.29, 0.717) is 12.2 Å². The number of hydrogen-bond donors (Lipinski definition) is 1. The Morgan fingerprint density at radius 3 is 2.90 bits per heavy atom. The van der Waals surface area contributed by atoms with Crippen LogP contribution in [-0.4, -0.2) is 47.3 Å². The van der Waals surface area contributed by atoms with Crippen LogP contribution in [0, 0.1) is 0 Å². The molecule has 20 heavy (non-hydrogen) atoms. The average molecular weight is 275 g/mol. The molecule has 0 spiro atoms. The van der Waals surface area contributed by atoms with Gasteiger partial charge in [0.1, 0.15) is 6.61 Å². The molecule has 2 fully saturated rings. The van der Waals surface area contributed by atoms with Crippen LogP contribution in [0.25, 0.3) is 0 Å². The molecule has 3 rings (SSSR count). The van der Waals surface area contributed by atoms with Gasteiger partial charge in [0, 0.05) is 6.04 Å². The van der Waals surface area contributed by atoms with Crippen molar-refractivity contribution in [3.05, 3.63) is 35.9 Å². The van der Waals surface area contributed by atoms with Gasteiger partial charge in [0.15, 0.2) is 0 Å². The molecule has 1 aromatic carbocycles. The zero-order valence-corrected chi connectivity index (χ0v) is 11.6. The highest BCUT2D eigenvalue weighted by atomic mass is 16.5. The molecular formula is C16H21NO3. The maximum Gasteiger partial charge on any atom is 0.338 e. The van der Waals surface area contributed by atoms with Crippen LogP contribution in [-0.2, 0) is 4.74 Å². The zero-order valence-electron chi connectivity index (χ0n) is 11.6. The number of carbonyl (C=O) groups excluding carboxylic acids is 1. The van der Waals surface area contributed by atoms with Crippen molar-refractivity contribution in [3.8, 4) is 0 Å². The van der Waals surface area contributed by atoms with Crippen LogP contribution >= 0.6 is 0 Å². The second-order valence-electron chi connectivity index (χ2n) is 5.84. The van der Waals surface area contributed by atoms with Crippen molar-refractivity contribution in [2.75, 3.05) is 19.8 Å². The van der Waals surface area contributed by atoms with Crippen molar-refractivity contribution in [1.82, 2.24) is 4.90 Å². The first kappa shape index (κ1) is 13.6. The van der Waals surface area contributed by atoms with Gasteiger partial charge >= 0.3 is 5.97 Å². The van der Waals surface area contributed by atoms with Gasteiger partial charge in [0.05, 0.1) is 17.7 Å². The van der Waals surface area contributed by atoms with Crippen LogP contribution in [0.15, 0.2) is 30.3 Å². The van der Waals surface area contributed by atoms with E-state index in [1.807, 2.05) is 18.2 Å². The van der Waals surface area contributed by atoms with Gasteiger partial charge in [-0.05, 0) is 44.4 Å². The first-order valence-electron chi connectivity index (χ1n) is 7.35. The number of hydrogen-bond acceptors (Lipinski definition) is 4. The second-order valence-corrected chi connectivity index (χ2v) is 5.84. The Labute approximate surface area is 119 Å². The molecule has 4 heteroatoms. The van der Waals surface area contributed by atoms with Crippen LogP contribution in [0.5, 0.6) is 0 Å². The minimum Gasteiger partial charge on any atom is -0.460 e.